The molecule has 4 aromatic rings. The van der Waals surface area contributed by atoms with Crippen LogP contribution >= 0.6 is 0 Å². The van der Waals surface area contributed by atoms with E-state index in [2.05, 4.69) is 9.97 Å². The molecule has 0 saturated carbocycles. The molecule has 1 amide bonds. The fourth-order valence-corrected chi connectivity index (χ4v) is 4.26. The minimum atomic E-state index is -0.816. The van der Waals surface area contributed by atoms with E-state index in [0.29, 0.717) is 42.9 Å². The number of amides is 1. The quantitative estimate of drug-likeness (QED) is 0.515. The highest BCUT2D eigenvalue weighted by Gasteiger charge is 2.28. The van der Waals surface area contributed by atoms with E-state index in [1.807, 2.05) is 24.3 Å². The van der Waals surface area contributed by atoms with Gasteiger partial charge in [-0.1, -0.05) is 18.2 Å². The number of halogens is 1. The van der Waals surface area contributed by atoms with Crippen LogP contribution in [0, 0.1) is 11.7 Å². The van der Waals surface area contributed by atoms with E-state index < -0.39 is 11.9 Å². The lowest BCUT2D eigenvalue weighted by Crippen LogP contribution is -2.40. The Morgan fingerprint density at radius 1 is 1.03 bits per heavy atom. The van der Waals surface area contributed by atoms with E-state index >= 15 is 0 Å². The van der Waals surface area contributed by atoms with E-state index in [1.54, 1.807) is 23.1 Å². The molecule has 156 valence electrons. The summed E-state index contributed by atoms with van der Waals surface area (Å²) in [6, 6.07) is 15.6. The molecule has 5 rings (SSSR count). The highest BCUT2D eigenvalue weighted by Crippen LogP contribution is 2.33. The SMILES string of the molecule is O=C(O)C1CCN(C(=O)c2cc3c([nH]c4ccccc43)c(-c3ccc(F)cc3)n2)CC1. The summed E-state index contributed by atoms with van der Waals surface area (Å²) >= 11 is 0. The number of para-hydroxylation sites is 1. The molecular formula is C24H20FN3O3. The van der Waals surface area contributed by atoms with E-state index in [0.717, 1.165) is 21.8 Å². The maximum atomic E-state index is 13.5. The highest BCUT2D eigenvalue weighted by molar-refractivity contribution is 6.13. The molecule has 3 heterocycles. The summed E-state index contributed by atoms with van der Waals surface area (Å²) in [4.78, 5) is 34.2. The zero-order chi connectivity index (χ0) is 21.5. The third kappa shape index (κ3) is 3.42. The van der Waals surface area contributed by atoms with Crippen LogP contribution in [0.1, 0.15) is 23.3 Å². The Labute approximate surface area is 177 Å². The molecule has 2 aromatic carbocycles. The Morgan fingerprint density at radius 3 is 2.45 bits per heavy atom. The van der Waals surface area contributed by atoms with Crippen LogP contribution in [0.3, 0.4) is 0 Å². The van der Waals surface area contributed by atoms with Crippen LogP contribution < -0.4 is 0 Å². The topological polar surface area (TPSA) is 86.3 Å². The molecule has 0 aliphatic carbocycles. The van der Waals surface area contributed by atoms with Crippen molar-refractivity contribution >= 4 is 33.7 Å². The molecular weight excluding hydrogens is 397 g/mol. The second-order valence-electron chi connectivity index (χ2n) is 7.86. The van der Waals surface area contributed by atoms with Crippen molar-refractivity contribution < 1.29 is 19.1 Å². The Bertz CT molecular complexity index is 1310. The van der Waals surface area contributed by atoms with Gasteiger partial charge in [0, 0.05) is 34.9 Å². The van der Waals surface area contributed by atoms with Gasteiger partial charge in [0.2, 0.25) is 0 Å². The van der Waals surface area contributed by atoms with Crippen molar-refractivity contribution in [3.63, 3.8) is 0 Å². The van der Waals surface area contributed by atoms with Crippen LogP contribution in [0.2, 0.25) is 0 Å². The number of pyridine rings is 1. The number of likely N-dealkylation sites (tertiary alicyclic amines) is 1. The molecule has 0 bridgehead atoms. The molecule has 6 nitrogen and oxygen atoms in total. The number of benzene rings is 2. The van der Waals surface area contributed by atoms with Crippen LogP contribution in [0.25, 0.3) is 33.1 Å². The third-order valence-electron chi connectivity index (χ3n) is 5.96. The first-order chi connectivity index (χ1) is 15.0. The molecule has 1 fully saturated rings. The van der Waals surface area contributed by atoms with Crippen LogP contribution in [0.15, 0.2) is 54.6 Å². The molecule has 31 heavy (non-hydrogen) atoms. The number of fused-ring (bicyclic) bond motifs is 3. The zero-order valence-electron chi connectivity index (χ0n) is 16.6. The van der Waals surface area contributed by atoms with Crippen molar-refractivity contribution in [1.82, 2.24) is 14.9 Å². The maximum Gasteiger partial charge on any atom is 0.306 e. The van der Waals surface area contributed by atoms with Crippen LogP contribution in [-0.4, -0.2) is 44.9 Å². The molecule has 0 unspecified atom stereocenters. The predicted octanol–water partition coefficient (Wildman–Crippen LogP) is 4.46. The Balaban J connectivity index is 1.62. The lowest BCUT2D eigenvalue weighted by molar-refractivity contribution is -0.143. The Hall–Kier alpha value is -3.74. The highest BCUT2D eigenvalue weighted by atomic mass is 19.1. The molecule has 2 aromatic heterocycles. The summed E-state index contributed by atoms with van der Waals surface area (Å²) < 4.78 is 13.5. The Kier molecular flexibility index (Phi) is 4.66. The van der Waals surface area contributed by atoms with Crippen LogP contribution in [0.5, 0.6) is 0 Å². The number of carboxylic acids is 1. The first-order valence-corrected chi connectivity index (χ1v) is 10.2. The number of hydrogen-bond acceptors (Lipinski definition) is 3. The first-order valence-electron chi connectivity index (χ1n) is 10.2. The number of aromatic nitrogens is 2. The van der Waals surface area contributed by atoms with Crippen molar-refractivity contribution in [3.8, 4) is 11.3 Å². The number of carbonyl (C=O) groups is 2. The van der Waals surface area contributed by atoms with Gasteiger partial charge < -0.3 is 15.0 Å². The minimum absolute atomic E-state index is 0.223. The fourth-order valence-electron chi connectivity index (χ4n) is 4.26. The second-order valence-corrected chi connectivity index (χ2v) is 7.86. The average molecular weight is 417 g/mol. The number of nitrogens with zero attached hydrogens (tertiary/aromatic N) is 2. The van der Waals surface area contributed by atoms with Gasteiger partial charge in [0.15, 0.2) is 0 Å². The van der Waals surface area contributed by atoms with Crippen molar-refractivity contribution in [3.05, 3.63) is 66.1 Å². The standard InChI is InChI=1S/C24H20FN3O3/c25-16-7-5-14(6-8-16)21-22-18(17-3-1-2-4-19(17)26-22)13-20(27-21)23(29)28-11-9-15(10-12-28)24(30)31/h1-8,13,15,26H,9-12H2,(H,30,31). The normalized spacial score (nSPS) is 14.9. The summed E-state index contributed by atoms with van der Waals surface area (Å²) in [5.74, 6) is -1.79. The number of carbonyl (C=O) groups excluding carboxylic acids is 1. The number of H-pyrrole nitrogens is 1. The van der Waals surface area contributed by atoms with Gasteiger partial charge in [0.25, 0.3) is 5.91 Å². The summed E-state index contributed by atoms with van der Waals surface area (Å²) in [5, 5.41) is 11.1. The van der Waals surface area contributed by atoms with Crippen molar-refractivity contribution in [2.75, 3.05) is 13.1 Å². The number of carboxylic acid groups (broad SMARTS) is 1. The van der Waals surface area contributed by atoms with Gasteiger partial charge in [-0.15, -0.1) is 0 Å². The molecule has 0 atom stereocenters. The van der Waals surface area contributed by atoms with Crippen LogP contribution in [-0.2, 0) is 4.79 Å². The van der Waals surface area contributed by atoms with Gasteiger partial charge in [-0.05, 0) is 49.2 Å². The van der Waals surface area contributed by atoms with Gasteiger partial charge in [-0.3, -0.25) is 9.59 Å². The van der Waals surface area contributed by atoms with E-state index in [4.69, 9.17) is 0 Å². The van der Waals surface area contributed by atoms with Crippen LogP contribution in [0.4, 0.5) is 4.39 Å². The van der Waals surface area contributed by atoms with Gasteiger partial charge in [0.05, 0.1) is 17.1 Å². The number of aliphatic carboxylic acids is 1. The average Bonchev–Trinajstić information content (AvgIpc) is 3.17. The zero-order valence-corrected chi connectivity index (χ0v) is 16.6. The van der Waals surface area contributed by atoms with Gasteiger partial charge in [-0.2, -0.15) is 0 Å². The Morgan fingerprint density at radius 2 is 1.74 bits per heavy atom. The number of hydrogen-bond donors (Lipinski definition) is 2. The molecule has 1 aliphatic rings. The third-order valence-corrected chi connectivity index (χ3v) is 5.96. The number of nitrogens with one attached hydrogen (secondary N) is 1. The van der Waals surface area contributed by atoms with Gasteiger partial charge >= 0.3 is 5.97 Å². The summed E-state index contributed by atoms with van der Waals surface area (Å²) in [5.41, 5.74) is 3.29. The summed E-state index contributed by atoms with van der Waals surface area (Å²) in [7, 11) is 0. The number of aromatic amines is 1. The first kappa shape index (κ1) is 19.2. The second kappa shape index (κ2) is 7.50. The maximum absolute atomic E-state index is 13.5. The predicted molar refractivity (Wildman–Crippen MR) is 115 cm³/mol. The molecule has 1 aliphatic heterocycles. The number of piperidine rings is 1. The smallest absolute Gasteiger partial charge is 0.306 e. The van der Waals surface area contributed by atoms with Gasteiger partial charge in [0.1, 0.15) is 11.5 Å². The summed E-state index contributed by atoms with van der Waals surface area (Å²) in [6.45, 7) is 0.768. The van der Waals surface area contributed by atoms with Crippen molar-refractivity contribution in [1.29, 1.82) is 0 Å². The largest absolute Gasteiger partial charge is 0.481 e. The van der Waals surface area contributed by atoms with E-state index in [-0.39, 0.29) is 11.7 Å². The van der Waals surface area contributed by atoms with Gasteiger partial charge in [-0.25, -0.2) is 9.37 Å². The molecule has 0 spiro atoms. The summed E-state index contributed by atoms with van der Waals surface area (Å²) in [6.07, 6.45) is 0.864. The fraction of sp³-hybridized carbons (Fsp3) is 0.208. The number of rotatable bonds is 3. The lowest BCUT2D eigenvalue weighted by Gasteiger charge is -2.30. The lowest BCUT2D eigenvalue weighted by atomic mass is 9.97. The van der Waals surface area contributed by atoms with Crippen molar-refractivity contribution in [2.24, 2.45) is 5.92 Å². The van der Waals surface area contributed by atoms with E-state index in [1.165, 1.54) is 12.1 Å². The minimum Gasteiger partial charge on any atom is -0.481 e. The molecule has 0 radical (unpaired) electrons. The van der Waals surface area contributed by atoms with E-state index in [9.17, 15) is 19.1 Å². The monoisotopic (exact) mass is 417 g/mol. The molecule has 2 N–H and O–H groups in total. The van der Waals surface area contributed by atoms with Crippen molar-refractivity contribution in [2.45, 2.75) is 12.8 Å². The molecule has 1 saturated heterocycles. The molecule has 7 heteroatoms.